The number of hydrogen-bond acceptors (Lipinski definition) is 3. The minimum absolute atomic E-state index is 0.0296. The van der Waals surface area contributed by atoms with Crippen molar-refractivity contribution in [3.8, 4) is 0 Å². The Balaban J connectivity index is 2.02. The molecule has 1 aliphatic carbocycles. The van der Waals surface area contributed by atoms with Gasteiger partial charge in [0.25, 0.3) is 0 Å². The van der Waals surface area contributed by atoms with E-state index < -0.39 is 21.9 Å². The highest BCUT2D eigenvalue weighted by Crippen LogP contribution is 2.74. The van der Waals surface area contributed by atoms with Gasteiger partial charge in [0.15, 0.2) is 5.60 Å². The van der Waals surface area contributed by atoms with E-state index in [1.807, 2.05) is 35.6 Å². The number of rotatable bonds is 0. The lowest BCUT2D eigenvalue weighted by molar-refractivity contribution is -0.122. The van der Waals surface area contributed by atoms with Crippen LogP contribution < -0.4 is 4.90 Å². The Morgan fingerprint density at radius 2 is 2.00 bits per heavy atom. The van der Waals surface area contributed by atoms with Gasteiger partial charge in [0.05, 0.1) is 5.69 Å². The third kappa shape index (κ3) is 1.24. The van der Waals surface area contributed by atoms with E-state index in [2.05, 4.69) is 6.07 Å². The summed E-state index contributed by atoms with van der Waals surface area (Å²) in [5, 5.41) is 0. The molecule has 1 saturated carbocycles. The molecule has 0 N–H and O–H groups in total. The Hall–Kier alpha value is -1.04. The van der Waals surface area contributed by atoms with E-state index in [9.17, 15) is 4.79 Å². The van der Waals surface area contributed by atoms with Gasteiger partial charge in [-0.15, -0.1) is 0 Å². The van der Waals surface area contributed by atoms with Gasteiger partial charge in [-0.05, 0) is 18.9 Å². The number of para-hydroxylation sites is 1. The maximum Gasteiger partial charge on any atom is 0.226 e. The van der Waals surface area contributed by atoms with Crippen LogP contribution in [0.5, 0.6) is 0 Å². The van der Waals surface area contributed by atoms with Crippen molar-refractivity contribution >= 4 is 22.2 Å². The smallest absolute Gasteiger partial charge is 0.226 e. The molecule has 2 atom stereocenters. The van der Waals surface area contributed by atoms with Crippen LogP contribution in [0.25, 0.3) is 0 Å². The van der Waals surface area contributed by atoms with Gasteiger partial charge in [0, 0.05) is 31.4 Å². The van der Waals surface area contributed by atoms with Crippen LogP contribution in [0.2, 0.25) is 0 Å². The standard InChI is InChI=1S/C15H19NO3S/c1-11(17)16-13-8-5-4-7-12(13)14-9-6-10-15(14,16)19-20(2,3)18-14/h4-5,7-8H,6,9-10H2,1-3H3. The van der Waals surface area contributed by atoms with Gasteiger partial charge in [-0.1, -0.05) is 18.2 Å². The molecule has 1 amide bonds. The molecular formula is C15H19NO3S. The number of carbonyl (C=O) groups excluding carboxylic acids is 1. The highest BCUT2D eigenvalue weighted by Gasteiger charge is 2.74. The minimum atomic E-state index is -1.59. The summed E-state index contributed by atoms with van der Waals surface area (Å²) in [6.45, 7) is 1.62. The molecule has 0 spiro atoms. The van der Waals surface area contributed by atoms with E-state index in [4.69, 9.17) is 8.37 Å². The van der Waals surface area contributed by atoms with Crippen LogP contribution in [-0.2, 0) is 18.8 Å². The molecule has 2 fully saturated rings. The second kappa shape index (κ2) is 3.59. The highest BCUT2D eigenvalue weighted by molar-refractivity contribution is 8.24. The molecule has 0 radical (unpaired) electrons. The van der Waals surface area contributed by atoms with Crippen LogP contribution in [0.3, 0.4) is 0 Å². The van der Waals surface area contributed by atoms with Crippen LogP contribution in [-0.4, -0.2) is 24.1 Å². The van der Waals surface area contributed by atoms with E-state index in [-0.39, 0.29) is 5.91 Å². The Morgan fingerprint density at radius 3 is 2.75 bits per heavy atom. The van der Waals surface area contributed by atoms with Crippen LogP contribution in [0.15, 0.2) is 24.3 Å². The minimum Gasteiger partial charge on any atom is -0.278 e. The van der Waals surface area contributed by atoms with Gasteiger partial charge in [0.2, 0.25) is 11.6 Å². The first-order chi connectivity index (χ1) is 9.42. The molecule has 1 saturated heterocycles. The number of fused-ring (bicyclic) bond motifs is 1. The van der Waals surface area contributed by atoms with Gasteiger partial charge in [-0.2, -0.15) is 10.6 Å². The molecule has 2 heterocycles. The fourth-order valence-electron chi connectivity index (χ4n) is 4.23. The quantitative estimate of drug-likeness (QED) is 0.738. The van der Waals surface area contributed by atoms with Crippen LogP contribution in [0.4, 0.5) is 5.69 Å². The summed E-state index contributed by atoms with van der Waals surface area (Å²) in [6.07, 6.45) is 6.82. The number of nitrogens with zero attached hydrogens (tertiary/aromatic N) is 1. The first-order valence-electron chi connectivity index (χ1n) is 6.97. The van der Waals surface area contributed by atoms with E-state index >= 15 is 0 Å². The van der Waals surface area contributed by atoms with Crippen LogP contribution >= 0.6 is 10.6 Å². The number of amides is 1. The zero-order chi connectivity index (χ0) is 14.2. The van der Waals surface area contributed by atoms with Gasteiger partial charge in [0.1, 0.15) is 0 Å². The number of carbonyl (C=O) groups is 1. The van der Waals surface area contributed by atoms with E-state index in [1.54, 1.807) is 6.92 Å². The summed E-state index contributed by atoms with van der Waals surface area (Å²) in [5.41, 5.74) is 0.982. The van der Waals surface area contributed by atoms with Crippen molar-refractivity contribution in [2.45, 2.75) is 37.5 Å². The first kappa shape index (κ1) is 12.7. The second-order valence-electron chi connectivity index (χ2n) is 6.15. The lowest BCUT2D eigenvalue weighted by atomic mass is 9.89. The maximum atomic E-state index is 12.3. The molecule has 4 rings (SSSR count). The predicted molar refractivity (Wildman–Crippen MR) is 79.5 cm³/mol. The molecule has 0 bridgehead atoms. The van der Waals surface area contributed by atoms with E-state index in [0.29, 0.717) is 0 Å². The topological polar surface area (TPSA) is 38.8 Å². The second-order valence-corrected chi connectivity index (χ2v) is 8.77. The Kier molecular flexibility index (Phi) is 2.27. The lowest BCUT2D eigenvalue weighted by Crippen LogP contribution is -2.54. The molecule has 2 unspecified atom stereocenters. The molecule has 4 nitrogen and oxygen atoms in total. The van der Waals surface area contributed by atoms with Crippen molar-refractivity contribution < 1.29 is 13.2 Å². The summed E-state index contributed by atoms with van der Waals surface area (Å²) < 4.78 is 12.8. The molecule has 1 aromatic carbocycles. The van der Waals surface area contributed by atoms with Crippen molar-refractivity contribution in [1.29, 1.82) is 0 Å². The summed E-state index contributed by atoms with van der Waals surface area (Å²) in [4.78, 5) is 14.1. The highest BCUT2D eigenvalue weighted by atomic mass is 32.3. The third-order valence-electron chi connectivity index (χ3n) is 4.61. The molecule has 20 heavy (non-hydrogen) atoms. The Morgan fingerprint density at radius 1 is 1.25 bits per heavy atom. The predicted octanol–water partition coefficient (Wildman–Crippen LogP) is 3.07. The maximum absolute atomic E-state index is 12.3. The third-order valence-corrected chi connectivity index (χ3v) is 5.98. The van der Waals surface area contributed by atoms with Gasteiger partial charge >= 0.3 is 0 Å². The summed E-state index contributed by atoms with van der Waals surface area (Å²) >= 11 is 0. The number of benzene rings is 1. The Labute approximate surface area is 120 Å². The summed E-state index contributed by atoms with van der Waals surface area (Å²) in [6, 6.07) is 8.07. The van der Waals surface area contributed by atoms with Crippen LogP contribution in [0.1, 0.15) is 31.7 Å². The average Bonchev–Trinajstić information content (AvgIpc) is 2.84. The fraction of sp³-hybridized carbons (Fsp3) is 0.533. The first-order valence-corrected chi connectivity index (χ1v) is 9.27. The largest absolute Gasteiger partial charge is 0.278 e. The van der Waals surface area contributed by atoms with Gasteiger partial charge in [-0.25, -0.2) is 0 Å². The van der Waals surface area contributed by atoms with Gasteiger partial charge in [-0.3, -0.25) is 18.1 Å². The SMILES string of the molecule is CC(=O)N1c2ccccc2C23CCCC12OS(C)(C)O3. The van der Waals surface area contributed by atoms with Crippen molar-refractivity contribution in [2.75, 3.05) is 17.4 Å². The molecule has 108 valence electrons. The number of anilines is 1. The molecular weight excluding hydrogens is 274 g/mol. The summed E-state index contributed by atoms with van der Waals surface area (Å²) in [7, 11) is -1.59. The van der Waals surface area contributed by atoms with E-state index in [0.717, 1.165) is 30.5 Å². The molecule has 5 heteroatoms. The van der Waals surface area contributed by atoms with Gasteiger partial charge < -0.3 is 0 Å². The zero-order valence-corrected chi connectivity index (χ0v) is 12.8. The zero-order valence-electron chi connectivity index (χ0n) is 12.0. The summed E-state index contributed by atoms with van der Waals surface area (Å²) in [5.74, 6) is 0.0296. The van der Waals surface area contributed by atoms with E-state index in [1.165, 1.54) is 0 Å². The fourth-order valence-corrected chi connectivity index (χ4v) is 6.21. The molecule has 2 aliphatic heterocycles. The number of hydrogen-bond donors (Lipinski definition) is 0. The Bertz CT molecular complexity index is 617. The molecule has 1 aromatic rings. The normalized spacial score (nSPS) is 38.2. The van der Waals surface area contributed by atoms with Crippen molar-refractivity contribution in [3.63, 3.8) is 0 Å². The van der Waals surface area contributed by atoms with Crippen molar-refractivity contribution in [3.05, 3.63) is 29.8 Å². The molecule has 0 aromatic heterocycles. The lowest BCUT2D eigenvalue weighted by Gasteiger charge is -2.37. The monoisotopic (exact) mass is 293 g/mol. The average molecular weight is 293 g/mol. The van der Waals surface area contributed by atoms with Crippen molar-refractivity contribution in [2.24, 2.45) is 0 Å². The molecule has 3 aliphatic rings. The van der Waals surface area contributed by atoms with Crippen LogP contribution in [0, 0.1) is 0 Å². The van der Waals surface area contributed by atoms with Crippen molar-refractivity contribution in [1.82, 2.24) is 0 Å².